The van der Waals surface area contributed by atoms with E-state index in [-0.39, 0.29) is 11.7 Å². The fourth-order valence-corrected chi connectivity index (χ4v) is 1.43. The first-order chi connectivity index (χ1) is 7.29. The Morgan fingerprint density at radius 2 is 2.33 bits per heavy atom. The summed E-state index contributed by atoms with van der Waals surface area (Å²) in [6, 6.07) is 1.74. The Morgan fingerprint density at radius 3 is 3.00 bits per heavy atom. The topological polar surface area (TPSA) is 52.1 Å². The molecule has 0 unspecified atom stereocenters. The van der Waals surface area contributed by atoms with Crippen LogP contribution >= 0.6 is 0 Å². The molecule has 1 aliphatic carbocycles. The van der Waals surface area contributed by atoms with Gasteiger partial charge in [0, 0.05) is 18.4 Å². The van der Waals surface area contributed by atoms with Gasteiger partial charge in [-0.15, -0.1) is 0 Å². The Morgan fingerprint density at radius 1 is 1.53 bits per heavy atom. The van der Waals surface area contributed by atoms with Crippen molar-refractivity contribution in [1.82, 2.24) is 9.97 Å². The second-order valence-electron chi connectivity index (χ2n) is 3.70. The van der Waals surface area contributed by atoms with Crippen molar-refractivity contribution in [2.75, 3.05) is 6.61 Å². The summed E-state index contributed by atoms with van der Waals surface area (Å²) < 4.78 is 5.24. The highest BCUT2D eigenvalue weighted by molar-refractivity contribution is 5.84. The molecule has 0 saturated heterocycles. The maximum atomic E-state index is 11.5. The molecular formula is C11H14N2O2. The first-order valence-electron chi connectivity index (χ1n) is 5.26. The molecule has 0 radical (unpaired) electrons. The van der Waals surface area contributed by atoms with Crippen LogP contribution in [-0.4, -0.2) is 22.4 Å². The average molecular weight is 206 g/mol. The summed E-state index contributed by atoms with van der Waals surface area (Å²) in [6.07, 6.45) is 3.94. The van der Waals surface area contributed by atoms with E-state index < -0.39 is 0 Å². The molecule has 0 N–H and O–H groups in total. The number of aromatic nitrogens is 2. The number of nitrogens with zero attached hydrogens (tertiary/aromatic N) is 2. The van der Waals surface area contributed by atoms with E-state index in [4.69, 9.17) is 4.74 Å². The molecule has 1 fully saturated rings. The van der Waals surface area contributed by atoms with Crippen molar-refractivity contribution in [3.05, 3.63) is 18.1 Å². The Bertz CT molecular complexity index is 361. The van der Waals surface area contributed by atoms with Crippen molar-refractivity contribution < 1.29 is 9.53 Å². The molecule has 0 aliphatic heterocycles. The number of carbonyl (C=O) groups excluding carboxylic acids is 1. The molecule has 0 aromatic carbocycles. The first-order valence-corrected chi connectivity index (χ1v) is 5.26. The zero-order valence-electron chi connectivity index (χ0n) is 8.77. The van der Waals surface area contributed by atoms with Gasteiger partial charge in [-0.1, -0.05) is 0 Å². The fraction of sp³-hybridized carbons (Fsp3) is 0.545. The molecule has 0 spiro atoms. The van der Waals surface area contributed by atoms with Gasteiger partial charge in [0.2, 0.25) is 5.88 Å². The quantitative estimate of drug-likeness (QED) is 0.730. The van der Waals surface area contributed by atoms with E-state index in [1.807, 2.05) is 6.92 Å². The van der Waals surface area contributed by atoms with Crippen molar-refractivity contribution >= 4 is 5.78 Å². The first kappa shape index (κ1) is 10.1. The second-order valence-corrected chi connectivity index (χ2v) is 3.70. The molecule has 4 heteroatoms. The van der Waals surface area contributed by atoms with Crippen LogP contribution in [-0.2, 0) is 11.2 Å². The summed E-state index contributed by atoms with van der Waals surface area (Å²) in [7, 11) is 0. The fourth-order valence-electron chi connectivity index (χ4n) is 1.43. The maximum Gasteiger partial charge on any atom is 0.216 e. The van der Waals surface area contributed by atoms with Gasteiger partial charge in [-0.2, -0.15) is 0 Å². The predicted octanol–water partition coefficient (Wildman–Crippen LogP) is 1.40. The molecule has 1 aromatic rings. The monoisotopic (exact) mass is 206 g/mol. The molecule has 80 valence electrons. The van der Waals surface area contributed by atoms with E-state index >= 15 is 0 Å². The van der Waals surface area contributed by atoms with E-state index in [0.29, 0.717) is 18.9 Å². The van der Waals surface area contributed by atoms with Crippen molar-refractivity contribution in [2.24, 2.45) is 5.92 Å². The predicted molar refractivity (Wildman–Crippen MR) is 54.6 cm³/mol. The molecule has 4 nitrogen and oxygen atoms in total. The Kier molecular flexibility index (Phi) is 2.94. The van der Waals surface area contributed by atoms with Crippen LogP contribution in [0.4, 0.5) is 0 Å². The van der Waals surface area contributed by atoms with Crippen LogP contribution in [0.15, 0.2) is 12.4 Å². The zero-order valence-corrected chi connectivity index (χ0v) is 8.77. The van der Waals surface area contributed by atoms with Crippen molar-refractivity contribution in [2.45, 2.75) is 26.2 Å². The van der Waals surface area contributed by atoms with Crippen LogP contribution in [0.3, 0.4) is 0 Å². The van der Waals surface area contributed by atoms with Crippen LogP contribution in [0.2, 0.25) is 0 Å². The normalized spacial score (nSPS) is 15.0. The third-order valence-electron chi connectivity index (χ3n) is 2.38. The van der Waals surface area contributed by atoms with Gasteiger partial charge in [-0.3, -0.25) is 4.79 Å². The molecule has 0 bridgehead atoms. The third-order valence-corrected chi connectivity index (χ3v) is 2.38. The minimum Gasteiger partial charge on any atom is -0.478 e. The molecule has 0 atom stereocenters. The highest BCUT2D eigenvalue weighted by Crippen LogP contribution is 2.30. The van der Waals surface area contributed by atoms with Gasteiger partial charge in [0.25, 0.3) is 0 Å². The highest BCUT2D eigenvalue weighted by atomic mass is 16.5. The van der Waals surface area contributed by atoms with E-state index in [1.54, 1.807) is 6.07 Å². The van der Waals surface area contributed by atoms with Crippen molar-refractivity contribution in [3.63, 3.8) is 0 Å². The number of ether oxygens (including phenoxy) is 1. The lowest BCUT2D eigenvalue weighted by Crippen LogP contribution is -2.07. The van der Waals surface area contributed by atoms with Crippen molar-refractivity contribution in [3.8, 4) is 5.88 Å². The average Bonchev–Trinajstić information content (AvgIpc) is 3.01. The molecule has 0 amide bonds. The largest absolute Gasteiger partial charge is 0.478 e. The number of ketones is 1. The number of carbonyl (C=O) groups is 1. The van der Waals surface area contributed by atoms with Crippen LogP contribution in [0.5, 0.6) is 5.88 Å². The van der Waals surface area contributed by atoms with Crippen LogP contribution in [0.1, 0.15) is 25.5 Å². The highest BCUT2D eigenvalue weighted by Gasteiger charge is 2.29. The molecule has 1 heterocycles. The van der Waals surface area contributed by atoms with E-state index in [9.17, 15) is 4.79 Å². The van der Waals surface area contributed by atoms with E-state index in [0.717, 1.165) is 18.5 Å². The number of hydrogen-bond acceptors (Lipinski definition) is 4. The summed E-state index contributed by atoms with van der Waals surface area (Å²) in [6.45, 7) is 2.48. The number of rotatable bonds is 5. The Balaban J connectivity index is 2.00. The molecule has 2 rings (SSSR count). The summed E-state index contributed by atoms with van der Waals surface area (Å²) in [5.74, 6) is 1.12. The van der Waals surface area contributed by atoms with Gasteiger partial charge in [0.05, 0.1) is 12.3 Å². The van der Waals surface area contributed by atoms with Crippen LogP contribution in [0, 0.1) is 5.92 Å². The zero-order chi connectivity index (χ0) is 10.7. The molecule has 1 aromatic heterocycles. The van der Waals surface area contributed by atoms with Crippen LogP contribution in [0.25, 0.3) is 0 Å². The summed E-state index contributed by atoms with van der Waals surface area (Å²) >= 11 is 0. The minimum absolute atomic E-state index is 0.288. The molecular weight excluding hydrogens is 192 g/mol. The SMILES string of the molecule is CCOc1cc(CC(=O)C2CC2)ncn1. The van der Waals surface area contributed by atoms with Gasteiger partial charge in [-0.25, -0.2) is 9.97 Å². The summed E-state index contributed by atoms with van der Waals surface area (Å²) in [5, 5.41) is 0. The van der Waals surface area contributed by atoms with Crippen LogP contribution < -0.4 is 4.74 Å². The molecule has 1 saturated carbocycles. The van der Waals surface area contributed by atoms with E-state index in [2.05, 4.69) is 9.97 Å². The summed E-state index contributed by atoms with van der Waals surface area (Å²) in [5.41, 5.74) is 0.755. The second kappa shape index (κ2) is 4.38. The number of hydrogen-bond donors (Lipinski definition) is 0. The molecule has 1 aliphatic rings. The van der Waals surface area contributed by atoms with Gasteiger partial charge < -0.3 is 4.74 Å². The molecule has 15 heavy (non-hydrogen) atoms. The lowest BCUT2D eigenvalue weighted by atomic mass is 10.1. The minimum atomic E-state index is 0.288. The third kappa shape index (κ3) is 2.75. The van der Waals surface area contributed by atoms with Gasteiger partial charge in [-0.05, 0) is 19.8 Å². The van der Waals surface area contributed by atoms with Gasteiger partial charge in [0.15, 0.2) is 0 Å². The summed E-state index contributed by atoms with van der Waals surface area (Å²) in [4.78, 5) is 19.6. The van der Waals surface area contributed by atoms with Gasteiger partial charge >= 0.3 is 0 Å². The van der Waals surface area contributed by atoms with Gasteiger partial charge in [0.1, 0.15) is 12.1 Å². The Labute approximate surface area is 88.7 Å². The maximum absolute atomic E-state index is 11.5. The van der Waals surface area contributed by atoms with Crippen molar-refractivity contribution in [1.29, 1.82) is 0 Å². The standard InChI is InChI=1S/C11H14N2O2/c1-2-15-11-6-9(12-7-13-11)5-10(14)8-3-4-8/h6-8H,2-5H2,1H3. The van der Waals surface area contributed by atoms with E-state index in [1.165, 1.54) is 6.33 Å². The lowest BCUT2D eigenvalue weighted by molar-refractivity contribution is -0.119. The smallest absolute Gasteiger partial charge is 0.216 e. The Hall–Kier alpha value is -1.45. The lowest BCUT2D eigenvalue weighted by Gasteiger charge is -2.03. The number of Topliss-reactive ketones (excluding diaryl/α,β-unsaturated/α-hetero) is 1.